The number of nitrogens with one attached hydrogen (secondary N) is 1. The van der Waals surface area contributed by atoms with Gasteiger partial charge >= 0.3 is 5.97 Å². The van der Waals surface area contributed by atoms with E-state index < -0.39 is 23.4 Å². The molecule has 1 aromatic carbocycles. The van der Waals surface area contributed by atoms with Crippen LogP contribution in [0.1, 0.15) is 53.1 Å². The van der Waals surface area contributed by atoms with Crippen LogP contribution in [0.5, 0.6) is 0 Å². The first kappa shape index (κ1) is 22.8. The molecule has 0 fully saturated rings. The molecule has 3 aromatic heterocycles. The number of aromatic carboxylic acids is 1. The molecule has 0 saturated heterocycles. The van der Waals surface area contributed by atoms with Crippen molar-refractivity contribution in [3.63, 3.8) is 0 Å². The largest absolute Gasteiger partial charge is 0.476 e. The van der Waals surface area contributed by atoms with Gasteiger partial charge in [-0.3, -0.25) is 9.20 Å². The molecule has 0 aliphatic carbocycles. The van der Waals surface area contributed by atoms with E-state index in [0.717, 1.165) is 11.8 Å². The predicted octanol–water partition coefficient (Wildman–Crippen LogP) is 4.83. The van der Waals surface area contributed by atoms with Gasteiger partial charge in [-0.05, 0) is 43.2 Å². The van der Waals surface area contributed by atoms with Crippen molar-refractivity contribution >= 4 is 34.7 Å². The van der Waals surface area contributed by atoms with Gasteiger partial charge in [-0.15, -0.1) is 0 Å². The molecular formula is C25H21ClFN5O3. The molecule has 4 aromatic rings. The van der Waals surface area contributed by atoms with Crippen LogP contribution in [0.15, 0.2) is 59.5 Å². The minimum Gasteiger partial charge on any atom is -0.476 e. The Morgan fingerprint density at radius 3 is 2.74 bits per heavy atom. The Labute approximate surface area is 204 Å². The van der Waals surface area contributed by atoms with E-state index in [-0.39, 0.29) is 28.2 Å². The molecule has 0 bridgehead atoms. The Bertz CT molecular complexity index is 1540. The summed E-state index contributed by atoms with van der Waals surface area (Å²) in [6, 6.07) is 13.1. The maximum Gasteiger partial charge on any atom is 0.356 e. The second-order valence-corrected chi connectivity index (χ2v) is 8.85. The first-order valence-corrected chi connectivity index (χ1v) is 11.3. The quantitative estimate of drug-likeness (QED) is 0.384. The Morgan fingerprint density at radius 2 is 2.00 bits per heavy atom. The molecule has 0 unspecified atom stereocenters. The third-order valence-corrected chi connectivity index (χ3v) is 6.46. The van der Waals surface area contributed by atoms with Crippen molar-refractivity contribution < 1.29 is 14.3 Å². The van der Waals surface area contributed by atoms with Gasteiger partial charge in [-0.2, -0.15) is 0 Å². The van der Waals surface area contributed by atoms with Crippen LogP contribution in [0.2, 0.25) is 5.15 Å². The molecule has 35 heavy (non-hydrogen) atoms. The first-order valence-electron chi connectivity index (χ1n) is 11.0. The topological polar surface area (TPSA) is 99.8 Å². The van der Waals surface area contributed by atoms with Crippen LogP contribution in [0.3, 0.4) is 0 Å². The zero-order valence-electron chi connectivity index (χ0n) is 18.9. The fourth-order valence-electron chi connectivity index (χ4n) is 4.53. The lowest BCUT2D eigenvalue weighted by molar-refractivity contribution is 0.0691. The summed E-state index contributed by atoms with van der Waals surface area (Å²) in [4.78, 5) is 35.3. The van der Waals surface area contributed by atoms with Crippen molar-refractivity contribution in [2.45, 2.75) is 32.5 Å². The minimum absolute atomic E-state index is 0.0123. The Kier molecular flexibility index (Phi) is 5.64. The summed E-state index contributed by atoms with van der Waals surface area (Å²) in [6.07, 6.45) is 1.10. The van der Waals surface area contributed by atoms with E-state index >= 15 is 0 Å². The zero-order chi connectivity index (χ0) is 24.9. The molecule has 10 heteroatoms. The standard InChI is InChI=1S/C25H21ClFN5O3/c1-13(28-19-7-8-20(26)29-23(19)25(34)35)18-9-16(27)12-32-22(33)10-21(30-24(18)32)31-11-15-5-3-4-6-17(15)14(31)2/h3-10,12-14,28H,11H2,1-2H3,(H,34,35)/t13-,14+/m1/s1. The highest BCUT2D eigenvalue weighted by Crippen LogP contribution is 2.36. The Morgan fingerprint density at radius 1 is 1.23 bits per heavy atom. The van der Waals surface area contributed by atoms with Crippen molar-refractivity contribution in [3.8, 4) is 0 Å². The highest BCUT2D eigenvalue weighted by atomic mass is 35.5. The number of aromatic nitrogens is 3. The second kappa shape index (κ2) is 8.66. The first-order chi connectivity index (χ1) is 16.7. The average Bonchev–Trinajstić information content (AvgIpc) is 3.16. The van der Waals surface area contributed by atoms with Crippen molar-refractivity contribution in [1.82, 2.24) is 14.4 Å². The van der Waals surface area contributed by atoms with Gasteiger partial charge in [-0.25, -0.2) is 19.2 Å². The van der Waals surface area contributed by atoms with E-state index in [4.69, 9.17) is 16.6 Å². The average molecular weight is 494 g/mol. The third kappa shape index (κ3) is 4.08. The smallest absolute Gasteiger partial charge is 0.356 e. The van der Waals surface area contributed by atoms with Crippen LogP contribution < -0.4 is 15.8 Å². The summed E-state index contributed by atoms with van der Waals surface area (Å²) in [5, 5.41) is 12.6. The van der Waals surface area contributed by atoms with Crippen LogP contribution in [0.4, 0.5) is 15.9 Å². The number of carbonyl (C=O) groups is 1. The number of carboxylic acid groups (broad SMARTS) is 1. The molecule has 0 spiro atoms. The molecule has 2 atom stereocenters. The monoisotopic (exact) mass is 493 g/mol. The number of anilines is 2. The number of hydrogen-bond donors (Lipinski definition) is 2. The van der Waals surface area contributed by atoms with Gasteiger partial charge in [-0.1, -0.05) is 35.9 Å². The van der Waals surface area contributed by atoms with E-state index in [1.807, 2.05) is 30.0 Å². The van der Waals surface area contributed by atoms with Gasteiger partial charge in [0.15, 0.2) is 5.69 Å². The molecule has 4 heterocycles. The number of pyridine rings is 2. The second-order valence-electron chi connectivity index (χ2n) is 8.46. The SMILES string of the molecule is C[C@@H](Nc1ccc(Cl)nc1C(=O)O)c1cc(F)cn2c(=O)cc(N3Cc4ccccc4[C@@H]3C)nc12. The van der Waals surface area contributed by atoms with Crippen molar-refractivity contribution in [2.24, 2.45) is 0 Å². The molecule has 2 N–H and O–H groups in total. The fourth-order valence-corrected chi connectivity index (χ4v) is 4.67. The van der Waals surface area contributed by atoms with Crippen LogP contribution in [-0.4, -0.2) is 25.4 Å². The predicted molar refractivity (Wildman–Crippen MR) is 131 cm³/mol. The number of rotatable bonds is 5. The number of nitrogens with zero attached hydrogens (tertiary/aromatic N) is 4. The number of carboxylic acids is 1. The van der Waals surface area contributed by atoms with Crippen molar-refractivity contribution in [3.05, 3.63) is 98.4 Å². The number of hydrogen-bond acceptors (Lipinski definition) is 6. The van der Waals surface area contributed by atoms with Gasteiger partial charge in [0, 0.05) is 24.4 Å². The number of benzene rings is 1. The lowest BCUT2D eigenvalue weighted by Gasteiger charge is -2.24. The molecule has 5 rings (SSSR count). The molecule has 178 valence electrons. The van der Waals surface area contributed by atoms with Crippen LogP contribution >= 0.6 is 11.6 Å². The maximum atomic E-state index is 14.5. The molecule has 1 aliphatic rings. The zero-order valence-corrected chi connectivity index (χ0v) is 19.6. The van der Waals surface area contributed by atoms with Gasteiger partial charge in [0.05, 0.1) is 17.8 Å². The van der Waals surface area contributed by atoms with E-state index in [2.05, 4.69) is 16.4 Å². The minimum atomic E-state index is -1.26. The highest BCUT2D eigenvalue weighted by Gasteiger charge is 2.28. The summed E-state index contributed by atoms with van der Waals surface area (Å²) in [5.74, 6) is -1.39. The summed E-state index contributed by atoms with van der Waals surface area (Å²) >= 11 is 5.85. The van der Waals surface area contributed by atoms with Crippen LogP contribution in [0.25, 0.3) is 5.65 Å². The third-order valence-electron chi connectivity index (χ3n) is 6.25. The normalized spacial score (nSPS) is 15.8. The molecule has 8 nitrogen and oxygen atoms in total. The summed E-state index contributed by atoms with van der Waals surface area (Å²) in [7, 11) is 0. The number of halogens is 2. The van der Waals surface area contributed by atoms with E-state index in [1.54, 1.807) is 6.92 Å². The van der Waals surface area contributed by atoms with Gasteiger partial charge < -0.3 is 15.3 Å². The van der Waals surface area contributed by atoms with Crippen molar-refractivity contribution in [1.29, 1.82) is 0 Å². The van der Waals surface area contributed by atoms with Crippen molar-refractivity contribution in [2.75, 3.05) is 10.2 Å². The summed E-state index contributed by atoms with van der Waals surface area (Å²) < 4.78 is 15.7. The fraction of sp³-hybridized carbons (Fsp3) is 0.200. The van der Waals surface area contributed by atoms with E-state index in [1.165, 1.54) is 34.2 Å². The molecule has 0 saturated carbocycles. The lowest BCUT2D eigenvalue weighted by Crippen LogP contribution is -2.25. The van der Waals surface area contributed by atoms with Gasteiger partial charge in [0.1, 0.15) is 22.4 Å². The van der Waals surface area contributed by atoms with E-state index in [0.29, 0.717) is 17.9 Å². The van der Waals surface area contributed by atoms with E-state index in [9.17, 15) is 19.1 Å². The highest BCUT2D eigenvalue weighted by molar-refractivity contribution is 6.29. The van der Waals surface area contributed by atoms with Gasteiger partial charge in [0.2, 0.25) is 0 Å². The summed E-state index contributed by atoms with van der Waals surface area (Å²) in [6.45, 7) is 4.37. The lowest BCUT2D eigenvalue weighted by atomic mass is 10.1. The molecule has 0 amide bonds. The number of fused-ring (bicyclic) bond motifs is 2. The maximum absolute atomic E-state index is 14.5. The summed E-state index contributed by atoms with van der Waals surface area (Å²) in [5.41, 5.74) is 2.52. The molecular weight excluding hydrogens is 473 g/mol. The van der Waals surface area contributed by atoms with Gasteiger partial charge in [0.25, 0.3) is 5.56 Å². The van der Waals surface area contributed by atoms with Crippen LogP contribution in [-0.2, 0) is 6.54 Å². The van der Waals surface area contributed by atoms with Crippen LogP contribution in [0, 0.1) is 5.82 Å². The molecule has 0 radical (unpaired) electrons. The Balaban J connectivity index is 1.58. The molecule has 1 aliphatic heterocycles. The Hall–Kier alpha value is -3.98.